The average Bonchev–Trinajstić information content (AvgIpc) is 2.05. The zero-order valence-corrected chi connectivity index (χ0v) is 8.87. The lowest BCUT2D eigenvalue weighted by atomic mass is 10.2. The van der Waals surface area contributed by atoms with Crippen LogP contribution in [0.15, 0.2) is 36.9 Å². The average molecular weight is 218 g/mol. The second-order valence-corrected chi connectivity index (χ2v) is 2.99. The molecule has 1 aromatic carbocycles. The number of rotatable bonds is 4. The third kappa shape index (κ3) is 4.94. The first kappa shape index (κ1) is 12.5. The first-order chi connectivity index (χ1) is 5.83. The molecule has 0 radical (unpaired) electrons. The van der Waals surface area contributed by atoms with Crippen LogP contribution in [0.2, 0.25) is 5.02 Å². The quantitative estimate of drug-likeness (QED) is 0.605. The summed E-state index contributed by atoms with van der Waals surface area (Å²) in [7, 11) is 0. The van der Waals surface area contributed by atoms with Crippen molar-refractivity contribution in [1.82, 2.24) is 5.32 Å². The maximum absolute atomic E-state index is 5.81. The molecule has 0 bridgehead atoms. The standard InChI is InChI=1S/C10H12ClN.ClH/c1-2-6-12-8-9-4-3-5-10(11)7-9;/h2-5,7,12H,1,6,8H2;1H. The van der Waals surface area contributed by atoms with Gasteiger partial charge >= 0.3 is 0 Å². The summed E-state index contributed by atoms with van der Waals surface area (Å²) < 4.78 is 0. The normalized spacial score (nSPS) is 9.00. The molecule has 1 aromatic rings. The molecule has 0 aliphatic carbocycles. The molecule has 0 saturated carbocycles. The van der Waals surface area contributed by atoms with Crippen molar-refractivity contribution in [1.29, 1.82) is 0 Å². The molecule has 3 heteroatoms. The van der Waals surface area contributed by atoms with Gasteiger partial charge in [0.25, 0.3) is 0 Å². The van der Waals surface area contributed by atoms with Crippen molar-refractivity contribution in [2.24, 2.45) is 0 Å². The lowest BCUT2D eigenvalue weighted by molar-refractivity contribution is 0.760. The molecule has 0 atom stereocenters. The second kappa shape index (κ2) is 6.96. The van der Waals surface area contributed by atoms with Crippen LogP contribution in [0.3, 0.4) is 0 Å². The van der Waals surface area contributed by atoms with E-state index in [1.807, 2.05) is 30.3 Å². The number of nitrogens with one attached hydrogen (secondary N) is 1. The van der Waals surface area contributed by atoms with E-state index in [-0.39, 0.29) is 12.4 Å². The van der Waals surface area contributed by atoms with E-state index >= 15 is 0 Å². The van der Waals surface area contributed by atoms with E-state index < -0.39 is 0 Å². The third-order valence-electron chi connectivity index (χ3n) is 1.51. The van der Waals surface area contributed by atoms with Crippen LogP contribution in [-0.4, -0.2) is 6.54 Å². The van der Waals surface area contributed by atoms with Gasteiger partial charge in [-0.05, 0) is 17.7 Å². The van der Waals surface area contributed by atoms with Gasteiger partial charge in [-0.15, -0.1) is 19.0 Å². The summed E-state index contributed by atoms with van der Waals surface area (Å²) in [4.78, 5) is 0. The first-order valence-electron chi connectivity index (χ1n) is 3.89. The van der Waals surface area contributed by atoms with Crippen LogP contribution in [0, 0.1) is 0 Å². The Kier molecular flexibility index (Phi) is 6.69. The van der Waals surface area contributed by atoms with E-state index in [2.05, 4.69) is 11.9 Å². The highest BCUT2D eigenvalue weighted by molar-refractivity contribution is 6.30. The van der Waals surface area contributed by atoms with Crippen LogP contribution in [0.4, 0.5) is 0 Å². The Morgan fingerprint density at radius 3 is 2.85 bits per heavy atom. The van der Waals surface area contributed by atoms with E-state index in [4.69, 9.17) is 11.6 Å². The molecule has 0 fully saturated rings. The van der Waals surface area contributed by atoms with Crippen molar-refractivity contribution < 1.29 is 0 Å². The van der Waals surface area contributed by atoms with Gasteiger partial charge in [-0.25, -0.2) is 0 Å². The summed E-state index contributed by atoms with van der Waals surface area (Å²) in [5.41, 5.74) is 1.20. The Hall–Kier alpha value is -0.500. The van der Waals surface area contributed by atoms with Gasteiger partial charge in [0, 0.05) is 18.1 Å². The molecule has 0 aromatic heterocycles. The monoisotopic (exact) mass is 217 g/mol. The van der Waals surface area contributed by atoms with Crippen LogP contribution >= 0.6 is 24.0 Å². The summed E-state index contributed by atoms with van der Waals surface area (Å²) in [5.74, 6) is 0. The Balaban J connectivity index is 0.00000144. The van der Waals surface area contributed by atoms with Crippen molar-refractivity contribution in [2.75, 3.05) is 6.54 Å². The SMILES string of the molecule is C=CCNCc1cccc(Cl)c1.Cl. The molecule has 13 heavy (non-hydrogen) atoms. The number of hydrogen-bond donors (Lipinski definition) is 1. The fourth-order valence-corrected chi connectivity index (χ4v) is 1.18. The van der Waals surface area contributed by atoms with E-state index in [1.165, 1.54) is 5.56 Å². The second-order valence-electron chi connectivity index (χ2n) is 2.55. The summed E-state index contributed by atoms with van der Waals surface area (Å²) in [6.45, 7) is 5.29. The van der Waals surface area contributed by atoms with Gasteiger partial charge in [0.2, 0.25) is 0 Å². The summed E-state index contributed by atoms with van der Waals surface area (Å²) in [6.07, 6.45) is 1.84. The minimum Gasteiger partial charge on any atom is -0.309 e. The maximum atomic E-state index is 5.81. The van der Waals surface area contributed by atoms with Gasteiger partial charge in [0.1, 0.15) is 0 Å². The van der Waals surface area contributed by atoms with Crippen LogP contribution < -0.4 is 5.32 Å². The van der Waals surface area contributed by atoms with Crippen molar-refractivity contribution in [3.05, 3.63) is 47.5 Å². The fourth-order valence-electron chi connectivity index (χ4n) is 0.965. The van der Waals surface area contributed by atoms with Crippen molar-refractivity contribution in [2.45, 2.75) is 6.54 Å². The molecule has 1 rings (SSSR count). The number of hydrogen-bond acceptors (Lipinski definition) is 1. The molecule has 1 N–H and O–H groups in total. The molecule has 0 heterocycles. The maximum Gasteiger partial charge on any atom is 0.0409 e. The highest BCUT2D eigenvalue weighted by atomic mass is 35.5. The molecular formula is C10H13Cl2N. The molecule has 0 spiro atoms. The predicted octanol–water partition coefficient (Wildman–Crippen LogP) is 3.04. The first-order valence-corrected chi connectivity index (χ1v) is 4.27. The number of halogens is 2. The van der Waals surface area contributed by atoms with E-state index in [1.54, 1.807) is 0 Å². The molecule has 0 aliphatic rings. The largest absolute Gasteiger partial charge is 0.309 e. The van der Waals surface area contributed by atoms with E-state index in [0.717, 1.165) is 18.1 Å². The molecule has 0 saturated heterocycles. The Labute approximate surface area is 90.2 Å². The molecule has 0 unspecified atom stereocenters. The highest BCUT2D eigenvalue weighted by Crippen LogP contribution is 2.09. The van der Waals surface area contributed by atoms with E-state index in [9.17, 15) is 0 Å². The lowest BCUT2D eigenvalue weighted by Crippen LogP contribution is -2.12. The zero-order valence-electron chi connectivity index (χ0n) is 7.29. The lowest BCUT2D eigenvalue weighted by Gasteiger charge is -2.01. The predicted molar refractivity (Wildman–Crippen MR) is 60.6 cm³/mol. The van der Waals surface area contributed by atoms with Gasteiger partial charge in [0.05, 0.1) is 0 Å². The van der Waals surface area contributed by atoms with E-state index in [0.29, 0.717) is 0 Å². The Bertz CT molecular complexity index is 261. The van der Waals surface area contributed by atoms with Gasteiger partial charge in [-0.3, -0.25) is 0 Å². The van der Waals surface area contributed by atoms with Crippen molar-refractivity contribution in [3.63, 3.8) is 0 Å². The summed E-state index contributed by atoms with van der Waals surface area (Å²) >= 11 is 5.81. The summed E-state index contributed by atoms with van der Waals surface area (Å²) in [6, 6.07) is 7.82. The molecule has 0 amide bonds. The van der Waals surface area contributed by atoms with Gasteiger partial charge in [-0.1, -0.05) is 29.8 Å². The Morgan fingerprint density at radius 1 is 1.46 bits per heavy atom. The number of benzene rings is 1. The van der Waals surface area contributed by atoms with Crippen LogP contribution in [0.25, 0.3) is 0 Å². The van der Waals surface area contributed by atoms with Gasteiger partial charge in [-0.2, -0.15) is 0 Å². The molecule has 0 aliphatic heterocycles. The minimum atomic E-state index is 0. The smallest absolute Gasteiger partial charge is 0.0409 e. The van der Waals surface area contributed by atoms with Crippen LogP contribution in [0.1, 0.15) is 5.56 Å². The highest BCUT2D eigenvalue weighted by Gasteiger charge is 1.91. The summed E-state index contributed by atoms with van der Waals surface area (Å²) in [5, 5.41) is 3.99. The zero-order chi connectivity index (χ0) is 8.81. The minimum absolute atomic E-state index is 0. The van der Waals surface area contributed by atoms with Crippen LogP contribution in [0.5, 0.6) is 0 Å². The van der Waals surface area contributed by atoms with Crippen LogP contribution in [-0.2, 0) is 6.54 Å². The van der Waals surface area contributed by atoms with Gasteiger partial charge in [0.15, 0.2) is 0 Å². The molecule has 1 nitrogen and oxygen atoms in total. The van der Waals surface area contributed by atoms with Gasteiger partial charge < -0.3 is 5.32 Å². The third-order valence-corrected chi connectivity index (χ3v) is 1.74. The topological polar surface area (TPSA) is 12.0 Å². The molecule has 72 valence electrons. The van der Waals surface area contributed by atoms with Crippen molar-refractivity contribution >= 4 is 24.0 Å². The fraction of sp³-hybridized carbons (Fsp3) is 0.200. The van der Waals surface area contributed by atoms with Crippen molar-refractivity contribution in [3.8, 4) is 0 Å². The molecular weight excluding hydrogens is 205 g/mol. The Morgan fingerprint density at radius 2 is 2.23 bits per heavy atom.